The molecule has 1 aliphatic heterocycles. The molecule has 45 heavy (non-hydrogen) atoms. The molecule has 3 aromatic carbocycles. The first-order valence-electron chi connectivity index (χ1n) is 15.4. The number of nitrogens with one attached hydrogen (secondary N) is 3. The number of anilines is 3. The molecule has 3 heterocycles. The number of likely N-dealkylation sites (tertiary alicyclic amines) is 1. The number of aromatic nitrogens is 2. The Morgan fingerprint density at radius 3 is 2.40 bits per heavy atom. The number of carbonyl (C=O) groups excluding carboxylic acids is 1. The van der Waals surface area contributed by atoms with Gasteiger partial charge in [0.25, 0.3) is 0 Å². The minimum absolute atomic E-state index is 0.283. The first kappa shape index (κ1) is 30.1. The molecule has 2 amide bonds. The number of piperidine rings is 1. The molecule has 0 radical (unpaired) electrons. The summed E-state index contributed by atoms with van der Waals surface area (Å²) in [7, 11) is 0. The van der Waals surface area contributed by atoms with Gasteiger partial charge in [0.15, 0.2) is 0 Å². The van der Waals surface area contributed by atoms with E-state index >= 15 is 0 Å². The van der Waals surface area contributed by atoms with Crippen LogP contribution in [0.1, 0.15) is 18.4 Å². The zero-order valence-corrected chi connectivity index (χ0v) is 25.1. The molecule has 0 unspecified atom stereocenters. The number of fused-ring (bicyclic) bond motifs is 1. The van der Waals surface area contributed by atoms with Crippen molar-refractivity contribution in [3.63, 3.8) is 0 Å². The standard InChI is InChI=1S/C35H38N6O4/c42-23-26-15-18-41(19-16-26)20-21-44-30-12-8-27(9-13-30)32-22-31-33(37-24-38-34(31)45-32)36-17-14-25-6-10-29(11-7-25)40-35(43)39-28-4-2-1-3-5-28/h1-13,22,24,26,42H,14-21,23H2,(H,36,37,38)(H2,39,40,43). The fraction of sp³-hybridized carbons (Fsp3) is 0.286. The Labute approximate surface area is 262 Å². The predicted octanol–water partition coefficient (Wildman–Crippen LogP) is 6.27. The van der Waals surface area contributed by atoms with E-state index in [-0.39, 0.29) is 6.03 Å². The number of hydrogen-bond donors (Lipinski definition) is 4. The van der Waals surface area contributed by atoms with Crippen LogP contribution in [0, 0.1) is 5.92 Å². The van der Waals surface area contributed by atoms with E-state index in [2.05, 4.69) is 30.8 Å². The highest BCUT2D eigenvalue weighted by Crippen LogP contribution is 2.31. The maximum Gasteiger partial charge on any atom is 0.323 e. The molecule has 0 saturated carbocycles. The minimum Gasteiger partial charge on any atom is -0.492 e. The topological polar surface area (TPSA) is 125 Å². The van der Waals surface area contributed by atoms with Crippen LogP contribution in [-0.4, -0.2) is 65.4 Å². The van der Waals surface area contributed by atoms with Crippen molar-refractivity contribution in [3.05, 3.63) is 96.8 Å². The smallest absolute Gasteiger partial charge is 0.323 e. The van der Waals surface area contributed by atoms with Crippen molar-refractivity contribution >= 4 is 34.3 Å². The zero-order chi connectivity index (χ0) is 30.8. The van der Waals surface area contributed by atoms with Gasteiger partial charge in [-0.1, -0.05) is 30.3 Å². The number of aliphatic hydroxyl groups excluding tert-OH is 1. The average Bonchev–Trinajstić information content (AvgIpc) is 3.52. The second kappa shape index (κ2) is 14.7. The van der Waals surface area contributed by atoms with Crippen LogP contribution in [-0.2, 0) is 6.42 Å². The van der Waals surface area contributed by atoms with E-state index < -0.39 is 0 Å². The van der Waals surface area contributed by atoms with Crippen molar-refractivity contribution in [2.45, 2.75) is 19.3 Å². The van der Waals surface area contributed by atoms with Crippen LogP contribution in [0.5, 0.6) is 5.75 Å². The summed E-state index contributed by atoms with van der Waals surface area (Å²) in [5.41, 5.74) is 4.05. The lowest BCUT2D eigenvalue weighted by molar-refractivity contribution is 0.119. The Morgan fingerprint density at radius 1 is 0.933 bits per heavy atom. The molecule has 10 nitrogen and oxygen atoms in total. The fourth-order valence-electron chi connectivity index (χ4n) is 5.43. The van der Waals surface area contributed by atoms with Gasteiger partial charge in [-0.15, -0.1) is 0 Å². The second-order valence-corrected chi connectivity index (χ2v) is 11.2. The molecule has 0 atom stereocenters. The van der Waals surface area contributed by atoms with E-state index in [0.717, 1.165) is 72.5 Å². The van der Waals surface area contributed by atoms with Crippen molar-refractivity contribution in [1.29, 1.82) is 0 Å². The molecule has 232 valence electrons. The fourth-order valence-corrected chi connectivity index (χ4v) is 5.43. The van der Waals surface area contributed by atoms with Crippen molar-refractivity contribution in [3.8, 4) is 17.1 Å². The molecule has 0 aliphatic carbocycles. The molecule has 2 aromatic heterocycles. The molecule has 0 bridgehead atoms. The Kier molecular flexibility index (Phi) is 9.83. The Balaban J connectivity index is 0.983. The summed E-state index contributed by atoms with van der Waals surface area (Å²) in [6, 6.07) is 26.7. The number of urea groups is 1. The number of carbonyl (C=O) groups is 1. The maximum absolute atomic E-state index is 12.2. The van der Waals surface area contributed by atoms with Gasteiger partial charge in [-0.2, -0.15) is 0 Å². The summed E-state index contributed by atoms with van der Waals surface area (Å²) in [5, 5.41) is 19.2. The molecule has 5 aromatic rings. The van der Waals surface area contributed by atoms with Gasteiger partial charge in [-0.05, 0) is 98.4 Å². The van der Waals surface area contributed by atoms with Crippen LogP contribution in [0.4, 0.5) is 22.0 Å². The van der Waals surface area contributed by atoms with Crippen molar-refractivity contribution in [1.82, 2.24) is 14.9 Å². The van der Waals surface area contributed by atoms with Crippen LogP contribution in [0.15, 0.2) is 95.7 Å². The van der Waals surface area contributed by atoms with Crippen molar-refractivity contribution in [2.24, 2.45) is 5.92 Å². The summed E-state index contributed by atoms with van der Waals surface area (Å²) >= 11 is 0. The Bertz CT molecular complexity index is 1670. The van der Waals surface area contributed by atoms with Gasteiger partial charge in [0.2, 0.25) is 5.71 Å². The summed E-state index contributed by atoms with van der Waals surface area (Å²) in [6.45, 7) is 4.50. The summed E-state index contributed by atoms with van der Waals surface area (Å²) in [4.78, 5) is 23.4. The minimum atomic E-state index is -0.283. The number of aliphatic hydroxyl groups is 1. The van der Waals surface area contributed by atoms with Crippen molar-refractivity contribution in [2.75, 3.05) is 55.3 Å². The summed E-state index contributed by atoms with van der Waals surface area (Å²) in [5.74, 6) is 2.70. The number of ether oxygens (including phenoxy) is 1. The molecular formula is C35H38N6O4. The van der Waals surface area contributed by atoms with Crippen LogP contribution in [0.3, 0.4) is 0 Å². The summed E-state index contributed by atoms with van der Waals surface area (Å²) < 4.78 is 12.0. The highest BCUT2D eigenvalue weighted by atomic mass is 16.5. The van der Waals surface area contributed by atoms with Crippen LogP contribution in [0.2, 0.25) is 0 Å². The third kappa shape index (κ3) is 8.17. The number of hydrogen-bond acceptors (Lipinski definition) is 8. The zero-order valence-electron chi connectivity index (χ0n) is 25.1. The number of furan rings is 1. The molecule has 6 rings (SSSR count). The molecule has 1 fully saturated rings. The SMILES string of the molecule is O=C(Nc1ccccc1)Nc1ccc(CCNc2ncnc3oc(-c4ccc(OCCN5CCC(CO)CC5)cc4)cc23)cc1. The monoisotopic (exact) mass is 606 g/mol. The third-order valence-corrected chi connectivity index (χ3v) is 8.06. The van der Waals surface area contributed by atoms with E-state index in [9.17, 15) is 9.90 Å². The normalized spacial score (nSPS) is 13.9. The average molecular weight is 607 g/mol. The predicted molar refractivity (Wildman–Crippen MR) is 177 cm³/mol. The lowest BCUT2D eigenvalue weighted by Gasteiger charge is -2.30. The number of amides is 2. The first-order valence-corrected chi connectivity index (χ1v) is 15.4. The van der Waals surface area contributed by atoms with Gasteiger partial charge in [0, 0.05) is 36.6 Å². The Morgan fingerprint density at radius 2 is 1.67 bits per heavy atom. The molecule has 0 spiro atoms. The third-order valence-electron chi connectivity index (χ3n) is 8.06. The largest absolute Gasteiger partial charge is 0.492 e. The lowest BCUT2D eigenvalue weighted by Crippen LogP contribution is -2.37. The van der Waals surface area contributed by atoms with Gasteiger partial charge >= 0.3 is 6.03 Å². The Hall–Kier alpha value is -4.93. The van der Waals surface area contributed by atoms with E-state index in [0.29, 0.717) is 43.0 Å². The second-order valence-electron chi connectivity index (χ2n) is 11.2. The van der Waals surface area contributed by atoms with Gasteiger partial charge in [0.1, 0.15) is 30.3 Å². The molecule has 1 saturated heterocycles. The van der Waals surface area contributed by atoms with E-state index in [4.69, 9.17) is 9.15 Å². The number of benzene rings is 3. The highest BCUT2D eigenvalue weighted by molar-refractivity contribution is 5.99. The number of para-hydroxylation sites is 1. The van der Waals surface area contributed by atoms with Gasteiger partial charge in [-0.25, -0.2) is 14.8 Å². The maximum atomic E-state index is 12.2. The van der Waals surface area contributed by atoms with Gasteiger partial charge in [-0.3, -0.25) is 4.90 Å². The van der Waals surface area contributed by atoms with E-state index in [1.807, 2.05) is 84.9 Å². The number of rotatable bonds is 12. The lowest BCUT2D eigenvalue weighted by atomic mass is 9.98. The van der Waals surface area contributed by atoms with E-state index in [1.165, 1.54) is 6.33 Å². The van der Waals surface area contributed by atoms with Gasteiger partial charge in [0.05, 0.1) is 5.39 Å². The highest BCUT2D eigenvalue weighted by Gasteiger charge is 2.18. The van der Waals surface area contributed by atoms with Crippen molar-refractivity contribution < 1.29 is 19.1 Å². The summed E-state index contributed by atoms with van der Waals surface area (Å²) in [6.07, 6.45) is 4.38. The van der Waals surface area contributed by atoms with Crippen LogP contribution >= 0.6 is 0 Å². The van der Waals surface area contributed by atoms with E-state index in [1.54, 1.807) is 0 Å². The number of nitrogens with zero attached hydrogens (tertiary/aromatic N) is 3. The molecule has 10 heteroatoms. The van der Waals surface area contributed by atoms with Crippen LogP contribution < -0.4 is 20.7 Å². The first-order chi connectivity index (χ1) is 22.1. The van der Waals surface area contributed by atoms with Crippen LogP contribution in [0.25, 0.3) is 22.4 Å². The molecule has 1 aliphatic rings. The quantitative estimate of drug-likeness (QED) is 0.131. The van der Waals surface area contributed by atoms with Gasteiger partial charge < -0.3 is 30.2 Å². The molecular weight excluding hydrogens is 568 g/mol. The molecule has 4 N–H and O–H groups in total.